The number of halogens is 1. The molecule has 0 amide bonds. The Balaban J connectivity index is 2.14. The van der Waals surface area contributed by atoms with Crippen LogP contribution in [-0.2, 0) is 0 Å². The Morgan fingerprint density at radius 1 is 1.06 bits per heavy atom. The minimum Gasteiger partial charge on any atom is -0.494 e. The summed E-state index contributed by atoms with van der Waals surface area (Å²) in [5, 5.41) is 1.11. The second kappa shape index (κ2) is 8.40. The standard InChI is InChI=1S/C14H19BrO/c1-2-13-7-9-14(10-8-13)16-12-6-4-3-5-11-15/h2,7-10H,1,3-6,11-12H2. The Bertz CT molecular complexity index is 292. The molecular weight excluding hydrogens is 264 g/mol. The predicted octanol–water partition coefficient (Wildman–Crippen LogP) is 4.66. The molecule has 1 nitrogen and oxygen atoms in total. The Morgan fingerprint density at radius 2 is 1.75 bits per heavy atom. The Labute approximate surface area is 107 Å². The fourth-order valence-electron chi connectivity index (χ4n) is 1.44. The highest BCUT2D eigenvalue weighted by Crippen LogP contribution is 2.13. The lowest BCUT2D eigenvalue weighted by Crippen LogP contribution is -1.97. The molecule has 1 aromatic carbocycles. The number of unbranched alkanes of at least 4 members (excludes halogenated alkanes) is 3. The van der Waals surface area contributed by atoms with Gasteiger partial charge in [-0.05, 0) is 30.5 Å². The molecule has 0 unspecified atom stereocenters. The van der Waals surface area contributed by atoms with E-state index in [9.17, 15) is 0 Å². The van der Waals surface area contributed by atoms with Gasteiger partial charge in [0, 0.05) is 5.33 Å². The van der Waals surface area contributed by atoms with Crippen molar-refractivity contribution in [3.63, 3.8) is 0 Å². The van der Waals surface area contributed by atoms with Crippen molar-refractivity contribution in [2.45, 2.75) is 25.7 Å². The van der Waals surface area contributed by atoms with Crippen LogP contribution in [0.25, 0.3) is 6.08 Å². The molecule has 0 fully saturated rings. The van der Waals surface area contributed by atoms with Gasteiger partial charge in [-0.1, -0.05) is 53.6 Å². The number of ether oxygens (including phenoxy) is 1. The fourth-order valence-corrected chi connectivity index (χ4v) is 1.84. The first-order valence-electron chi connectivity index (χ1n) is 5.78. The minimum absolute atomic E-state index is 0.815. The molecule has 1 rings (SSSR count). The van der Waals surface area contributed by atoms with Gasteiger partial charge in [0.2, 0.25) is 0 Å². The molecule has 0 atom stereocenters. The quantitative estimate of drug-likeness (QED) is 0.498. The second-order valence-corrected chi connectivity index (χ2v) is 4.52. The minimum atomic E-state index is 0.815. The van der Waals surface area contributed by atoms with Crippen LogP contribution < -0.4 is 4.74 Å². The molecule has 16 heavy (non-hydrogen) atoms. The number of hydrogen-bond acceptors (Lipinski definition) is 1. The van der Waals surface area contributed by atoms with Crippen molar-refractivity contribution in [1.82, 2.24) is 0 Å². The van der Waals surface area contributed by atoms with E-state index in [4.69, 9.17) is 4.74 Å². The van der Waals surface area contributed by atoms with Gasteiger partial charge >= 0.3 is 0 Å². The normalized spacial score (nSPS) is 10.1. The molecule has 0 aromatic heterocycles. The van der Waals surface area contributed by atoms with Crippen LogP contribution in [0, 0.1) is 0 Å². The molecule has 0 bridgehead atoms. The van der Waals surface area contributed by atoms with Crippen LogP contribution in [0.15, 0.2) is 30.8 Å². The van der Waals surface area contributed by atoms with Gasteiger partial charge in [0.1, 0.15) is 5.75 Å². The van der Waals surface area contributed by atoms with E-state index in [2.05, 4.69) is 22.5 Å². The van der Waals surface area contributed by atoms with Crippen LogP contribution in [0.1, 0.15) is 31.2 Å². The zero-order chi connectivity index (χ0) is 11.6. The smallest absolute Gasteiger partial charge is 0.119 e. The zero-order valence-electron chi connectivity index (χ0n) is 9.62. The molecule has 0 aliphatic rings. The van der Waals surface area contributed by atoms with Gasteiger partial charge in [-0.2, -0.15) is 0 Å². The van der Waals surface area contributed by atoms with Gasteiger partial charge in [-0.25, -0.2) is 0 Å². The highest BCUT2D eigenvalue weighted by Gasteiger charge is 1.94. The van der Waals surface area contributed by atoms with Gasteiger partial charge < -0.3 is 4.74 Å². The molecule has 0 saturated heterocycles. The number of hydrogen-bond donors (Lipinski definition) is 0. The van der Waals surface area contributed by atoms with Crippen LogP contribution in [0.3, 0.4) is 0 Å². The van der Waals surface area contributed by atoms with Crippen LogP contribution in [0.2, 0.25) is 0 Å². The van der Waals surface area contributed by atoms with Crippen molar-refractivity contribution in [3.8, 4) is 5.75 Å². The third-order valence-electron chi connectivity index (χ3n) is 2.41. The monoisotopic (exact) mass is 282 g/mol. The predicted molar refractivity (Wildman–Crippen MR) is 74.3 cm³/mol. The Kier molecular flexibility index (Phi) is 6.98. The summed E-state index contributed by atoms with van der Waals surface area (Å²) < 4.78 is 5.64. The van der Waals surface area contributed by atoms with Gasteiger partial charge in [-0.15, -0.1) is 0 Å². The number of benzene rings is 1. The first-order valence-corrected chi connectivity index (χ1v) is 6.90. The molecule has 0 spiro atoms. The average molecular weight is 283 g/mol. The van der Waals surface area contributed by atoms with E-state index in [1.54, 1.807) is 0 Å². The average Bonchev–Trinajstić information content (AvgIpc) is 2.34. The van der Waals surface area contributed by atoms with E-state index in [1.807, 2.05) is 30.3 Å². The van der Waals surface area contributed by atoms with Gasteiger partial charge in [0.05, 0.1) is 6.61 Å². The van der Waals surface area contributed by atoms with Crippen molar-refractivity contribution in [1.29, 1.82) is 0 Å². The highest BCUT2D eigenvalue weighted by atomic mass is 79.9. The van der Waals surface area contributed by atoms with E-state index in [-0.39, 0.29) is 0 Å². The van der Waals surface area contributed by atoms with Crippen molar-refractivity contribution in [2.24, 2.45) is 0 Å². The summed E-state index contributed by atoms with van der Waals surface area (Å²) in [6.07, 6.45) is 6.76. The summed E-state index contributed by atoms with van der Waals surface area (Å²) in [5.41, 5.74) is 1.13. The zero-order valence-corrected chi connectivity index (χ0v) is 11.2. The van der Waals surface area contributed by atoms with Crippen molar-refractivity contribution in [2.75, 3.05) is 11.9 Å². The van der Waals surface area contributed by atoms with E-state index in [0.29, 0.717) is 0 Å². The third-order valence-corrected chi connectivity index (χ3v) is 2.97. The third kappa shape index (κ3) is 5.36. The molecule has 1 aromatic rings. The van der Waals surface area contributed by atoms with Crippen molar-refractivity contribution < 1.29 is 4.74 Å². The Hall–Kier alpha value is -0.760. The first-order chi connectivity index (χ1) is 7.86. The molecule has 0 radical (unpaired) electrons. The summed E-state index contributed by atoms with van der Waals surface area (Å²) in [6.45, 7) is 4.54. The summed E-state index contributed by atoms with van der Waals surface area (Å²) >= 11 is 3.43. The number of alkyl halides is 1. The largest absolute Gasteiger partial charge is 0.494 e. The van der Waals surface area contributed by atoms with Crippen LogP contribution in [0.5, 0.6) is 5.75 Å². The Morgan fingerprint density at radius 3 is 2.38 bits per heavy atom. The molecule has 0 aliphatic heterocycles. The molecule has 0 N–H and O–H groups in total. The highest BCUT2D eigenvalue weighted by molar-refractivity contribution is 9.09. The first kappa shape index (κ1) is 13.3. The summed E-state index contributed by atoms with van der Waals surface area (Å²) in [7, 11) is 0. The fraction of sp³-hybridized carbons (Fsp3) is 0.429. The van der Waals surface area contributed by atoms with Crippen LogP contribution in [-0.4, -0.2) is 11.9 Å². The summed E-state index contributed by atoms with van der Waals surface area (Å²) in [6, 6.07) is 8.03. The summed E-state index contributed by atoms with van der Waals surface area (Å²) in [4.78, 5) is 0. The van der Waals surface area contributed by atoms with E-state index in [0.717, 1.165) is 29.7 Å². The molecular formula is C14H19BrO. The molecule has 0 saturated carbocycles. The SMILES string of the molecule is C=Cc1ccc(OCCCCCCBr)cc1. The van der Waals surface area contributed by atoms with Gasteiger partial charge in [0.25, 0.3) is 0 Å². The van der Waals surface area contributed by atoms with E-state index >= 15 is 0 Å². The maximum Gasteiger partial charge on any atom is 0.119 e. The molecule has 88 valence electrons. The maximum absolute atomic E-state index is 5.64. The number of rotatable bonds is 8. The lowest BCUT2D eigenvalue weighted by molar-refractivity contribution is 0.305. The lowest BCUT2D eigenvalue weighted by atomic mass is 10.2. The topological polar surface area (TPSA) is 9.23 Å². The molecule has 2 heteroatoms. The molecule has 0 aliphatic carbocycles. The lowest BCUT2D eigenvalue weighted by Gasteiger charge is -2.06. The maximum atomic E-state index is 5.64. The van der Waals surface area contributed by atoms with Gasteiger partial charge in [0.15, 0.2) is 0 Å². The van der Waals surface area contributed by atoms with Crippen LogP contribution in [0.4, 0.5) is 0 Å². The van der Waals surface area contributed by atoms with E-state index < -0.39 is 0 Å². The van der Waals surface area contributed by atoms with Gasteiger partial charge in [-0.3, -0.25) is 0 Å². The van der Waals surface area contributed by atoms with Crippen molar-refractivity contribution >= 4 is 22.0 Å². The summed E-state index contributed by atoms with van der Waals surface area (Å²) in [5.74, 6) is 0.950. The van der Waals surface area contributed by atoms with Crippen LogP contribution >= 0.6 is 15.9 Å². The van der Waals surface area contributed by atoms with E-state index in [1.165, 1.54) is 19.3 Å². The second-order valence-electron chi connectivity index (χ2n) is 3.72. The van der Waals surface area contributed by atoms with Crippen molar-refractivity contribution in [3.05, 3.63) is 36.4 Å². The molecule has 0 heterocycles.